The predicted molar refractivity (Wildman–Crippen MR) is 59.1 cm³/mol. The fourth-order valence-electron chi connectivity index (χ4n) is 1.55. The predicted octanol–water partition coefficient (Wildman–Crippen LogP) is 1.78. The summed E-state index contributed by atoms with van der Waals surface area (Å²) < 4.78 is 41.7. The zero-order chi connectivity index (χ0) is 13.6. The van der Waals surface area contributed by atoms with Gasteiger partial charge in [0.15, 0.2) is 0 Å². The van der Waals surface area contributed by atoms with Gasteiger partial charge in [-0.1, -0.05) is 6.92 Å². The molecule has 1 heterocycles. The number of nitrogens with zero attached hydrogens (tertiary/aromatic N) is 2. The average Bonchev–Trinajstić information content (AvgIpc) is 2.64. The highest BCUT2D eigenvalue weighted by Crippen LogP contribution is 2.14. The van der Waals surface area contributed by atoms with Crippen molar-refractivity contribution < 1.29 is 23.0 Å². The van der Waals surface area contributed by atoms with E-state index in [1.165, 1.54) is 0 Å². The molecule has 1 aromatic rings. The van der Waals surface area contributed by atoms with E-state index in [2.05, 4.69) is 9.72 Å². The molecule has 0 aromatic carbocycles. The Labute approximate surface area is 103 Å². The molecule has 18 heavy (non-hydrogen) atoms. The third-order valence-electron chi connectivity index (χ3n) is 2.26. The number of aromatic nitrogens is 2. The molecule has 1 aromatic heterocycles. The monoisotopic (exact) mass is 266 g/mol. The smallest absolute Gasteiger partial charge is 0.390 e. The van der Waals surface area contributed by atoms with Crippen LogP contribution in [-0.4, -0.2) is 40.2 Å². The van der Waals surface area contributed by atoms with Gasteiger partial charge in [-0.25, -0.2) is 4.98 Å². The number of alkyl halides is 3. The zero-order valence-electron chi connectivity index (χ0n) is 10.2. The molecule has 0 saturated carbocycles. The summed E-state index contributed by atoms with van der Waals surface area (Å²) in [5.74, 6) is 0.653. The number of ether oxygens (including phenoxy) is 1. The number of aliphatic hydroxyl groups is 1. The maximum absolute atomic E-state index is 11.8. The number of halogens is 3. The van der Waals surface area contributed by atoms with E-state index in [0.29, 0.717) is 5.82 Å². The zero-order valence-corrected chi connectivity index (χ0v) is 10.2. The molecular weight excluding hydrogens is 249 g/mol. The number of hydrogen-bond donors (Lipinski definition) is 1. The van der Waals surface area contributed by atoms with E-state index >= 15 is 0 Å². The normalized spacial score (nSPS) is 13.8. The van der Waals surface area contributed by atoms with Crippen molar-refractivity contribution >= 4 is 0 Å². The molecule has 0 aliphatic heterocycles. The summed E-state index contributed by atoms with van der Waals surface area (Å²) in [5, 5.41) is 9.56. The van der Waals surface area contributed by atoms with Gasteiger partial charge < -0.3 is 14.4 Å². The third-order valence-corrected chi connectivity index (χ3v) is 2.26. The summed E-state index contributed by atoms with van der Waals surface area (Å²) in [7, 11) is 0. The molecule has 0 aliphatic rings. The Hall–Kier alpha value is -1.08. The lowest BCUT2D eigenvalue weighted by molar-refractivity contribution is -0.179. The highest BCUT2D eigenvalue weighted by Gasteiger charge is 2.27. The van der Waals surface area contributed by atoms with Crippen LogP contribution in [0.2, 0.25) is 0 Å². The highest BCUT2D eigenvalue weighted by molar-refractivity contribution is 4.94. The van der Waals surface area contributed by atoms with E-state index in [4.69, 9.17) is 0 Å². The van der Waals surface area contributed by atoms with Crippen LogP contribution >= 0.6 is 0 Å². The van der Waals surface area contributed by atoms with E-state index < -0.39 is 18.9 Å². The molecule has 0 fully saturated rings. The van der Waals surface area contributed by atoms with Crippen LogP contribution in [0.4, 0.5) is 13.2 Å². The molecule has 1 rings (SSSR count). The molecule has 0 bridgehead atoms. The van der Waals surface area contributed by atoms with Crippen molar-refractivity contribution in [2.45, 2.75) is 38.6 Å². The van der Waals surface area contributed by atoms with E-state index in [1.54, 1.807) is 12.4 Å². The van der Waals surface area contributed by atoms with Crippen molar-refractivity contribution in [1.82, 2.24) is 9.55 Å². The Morgan fingerprint density at radius 1 is 1.50 bits per heavy atom. The quantitative estimate of drug-likeness (QED) is 0.818. The van der Waals surface area contributed by atoms with Crippen molar-refractivity contribution in [3.8, 4) is 0 Å². The van der Waals surface area contributed by atoms with Crippen LogP contribution in [-0.2, 0) is 17.7 Å². The third kappa shape index (κ3) is 5.50. The minimum absolute atomic E-state index is 0.185. The van der Waals surface area contributed by atoms with Gasteiger partial charge in [0.2, 0.25) is 0 Å². The van der Waals surface area contributed by atoms with E-state index in [1.807, 2.05) is 11.5 Å². The molecule has 7 heteroatoms. The molecule has 104 valence electrons. The molecule has 4 nitrogen and oxygen atoms in total. The standard InChI is InChI=1S/C11H17F3N2O2/c1-2-4-16-5-3-15-10(16)6-9(17)7-18-8-11(12,13)14/h3,5,9,17H,2,4,6-8H2,1H3. The molecule has 0 amide bonds. The van der Waals surface area contributed by atoms with Crippen molar-refractivity contribution in [3.05, 3.63) is 18.2 Å². The van der Waals surface area contributed by atoms with Crippen LogP contribution in [0.5, 0.6) is 0 Å². The second kappa shape index (κ2) is 6.75. The van der Waals surface area contributed by atoms with E-state index in [9.17, 15) is 18.3 Å². The first kappa shape index (κ1) is 15.0. The van der Waals surface area contributed by atoms with Crippen LogP contribution in [0.25, 0.3) is 0 Å². The molecular formula is C11H17F3N2O2. The Morgan fingerprint density at radius 2 is 2.22 bits per heavy atom. The largest absolute Gasteiger partial charge is 0.411 e. The molecule has 0 radical (unpaired) electrons. The molecule has 0 aliphatic carbocycles. The van der Waals surface area contributed by atoms with Gasteiger partial charge in [0.05, 0.1) is 12.7 Å². The Kier molecular flexibility index (Phi) is 5.61. The Balaban J connectivity index is 2.35. The summed E-state index contributed by atoms with van der Waals surface area (Å²) in [6.45, 7) is 1.09. The van der Waals surface area contributed by atoms with Gasteiger partial charge in [0, 0.05) is 25.4 Å². The minimum atomic E-state index is -4.36. The molecule has 1 N–H and O–H groups in total. The highest BCUT2D eigenvalue weighted by atomic mass is 19.4. The van der Waals surface area contributed by atoms with Crippen LogP contribution in [0.3, 0.4) is 0 Å². The minimum Gasteiger partial charge on any atom is -0.390 e. The average molecular weight is 266 g/mol. The maximum Gasteiger partial charge on any atom is 0.411 e. The molecule has 0 saturated heterocycles. The number of hydrogen-bond acceptors (Lipinski definition) is 3. The van der Waals surface area contributed by atoms with Gasteiger partial charge in [0.25, 0.3) is 0 Å². The summed E-state index contributed by atoms with van der Waals surface area (Å²) >= 11 is 0. The van der Waals surface area contributed by atoms with Crippen molar-refractivity contribution in [3.63, 3.8) is 0 Å². The summed E-state index contributed by atoms with van der Waals surface area (Å²) in [4.78, 5) is 4.06. The van der Waals surface area contributed by atoms with Gasteiger partial charge in [-0.15, -0.1) is 0 Å². The SMILES string of the molecule is CCCn1ccnc1CC(O)COCC(F)(F)F. The first-order valence-corrected chi connectivity index (χ1v) is 5.75. The van der Waals surface area contributed by atoms with Crippen molar-refractivity contribution in [2.75, 3.05) is 13.2 Å². The molecule has 1 atom stereocenters. The first-order chi connectivity index (χ1) is 8.42. The van der Waals surface area contributed by atoms with Crippen molar-refractivity contribution in [2.24, 2.45) is 0 Å². The Morgan fingerprint density at radius 3 is 2.83 bits per heavy atom. The number of rotatable bonds is 7. The lowest BCUT2D eigenvalue weighted by atomic mass is 10.2. The number of aryl methyl sites for hydroxylation is 1. The second-order valence-electron chi connectivity index (χ2n) is 4.03. The van der Waals surface area contributed by atoms with Crippen molar-refractivity contribution in [1.29, 1.82) is 0 Å². The number of aliphatic hydroxyl groups excluding tert-OH is 1. The lowest BCUT2D eigenvalue weighted by Gasteiger charge is -2.13. The Bertz CT molecular complexity index is 352. The van der Waals surface area contributed by atoms with Gasteiger partial charge >= 0.3 is 6.18 Å². The van der Waals surface area contributed by atoms with Gasteiger partial charge in [0.1, 0.15) is 12.4 Å². The van der Waals surface area contributed by atoms with Crippen LogP contribution < -0.4 is 0 Å². The summed E-state index contributed by atoms with van der Waals surface area (Å²) in [6, 6.07) is 0. The fraction of sp³-hybridized carbons (Fsp3) is 0.727. The van der Waals surface area contributed by atoms with Crippen LogP contribution in [0.15, 0.2) is 12.4 Å². The van der Waals surface area contributed by atoms with E-state index in [0.717, 1.165) is 13.0 Å². The fourth-order valence-corrected chi connectivity index (χ4v) is 1.55. The summed E-state index contributed by atoms with van der Waals surface area (Å²) in [5.41, 5.74) is 0. The topological polar surface area (TPSA) is 47.3 Å². The molecule has 1 unspecified atom stereocenters. The van der Waals surface area contributed by atoms with Gasteiger partial charge in [-0.05, 0) is 6.42 Å². The van der Waals surface area contributed by atoms with Gasteiger partial charge in [-0.3, -0.25) is 0 Å². The van der Waals surface area contributed by atoms with Gasteiger partial charge in [-0.2, -0.15) is 13.2 Å². The lowest BCUT2D eigenvalue weighted by Crippen LogP contribution is -2.25. The maximum atomic E-state index is 11.8. The van der Waals surface area contributed by atoms with E-state index in [-0.39, 0.29) is 13.0 Å². The van der Waals surface area contributed by atoms with Crippen LogP contribution in [0.1, 0.15) is 19.2 Å². The second-order valence-corrected chi connectivity index (χ2v) is 4.03. The summed E-state index contributed by atoms with van der Waals surface area (Å²) in [6.07, 6.45) is -0.851. The number of imidazole rings is 1. The molecule has 0 spiro atoms. The van der Waals surface area contributed by atoms with Crippen LogP contribution in [0, 0.1) is 0 Å². The first-order valence-electron chi connectivity index (χ1n) is 5.75.